The fourth-order valence-corrected chi connectivity index (χ4v) is 8.43. The van der Waals surface area contributed by atoms with Crippen LogP contribution in [0.5, 0.6) is 0 Å². The van der Waals surface area contributed by atoms with Crippen molar-refractivity contribution in [1.29, 1.82) is 0 Å². The first-order chi connectivity index (χ1) is 17.4. The minimum Gasteiger partial charge on any atom is -0.135 e. The van der Waals surface area contributed by atoms with Crippen molar-refractivity contribution in [1.82, 2.24) is 0 Å². The van der Waals surface area contributed by atoms with Gasteiger partial charge in [0.2, 0.25) is 0 Å². The third-order valence-corrected chi connectivity index (χ3v) is 9.69. The highest BCUT2D eigenvalue weighted by molar-refractivity contribution is 7.27. The van der Waals surface area contributed by atoms with Gasteiger partial charge in [-0.2, -0.15) is 0 Å². The zero-order valence-corrected chi connectivity index (χ0v) is 19.5. The standard InChI is InChI=1S/C34H16S/c1-2-6-20-19(5-1)21-13-9-17-11-15-24-29-23-7-3-4-8-26(23)35-34(29)25-16-12-18-10-14-22(20)31-28(18)33(25)32(24)27(17)30(21)31/h1-16H. The summed E-state index contributed by atoms with van der Waals surface area (Å²) in [5.41, 5.74) is 0. The molecule has 9 aromatic carbocycles. The lowest BCUT2D eigenvalue weighted by atomic mass is 9.80. The summed E-state index contributed by atoms with van der Waals surface area (Å²) in [5.74, 6) is 0. The van der Waals surface area contributed by atoms with Crippen LogP contribution in [-0.4, -0.2) is 0 Å². The van der Waals surface area contributed by atoms with Gasteiger partial charge in [-0.1, -0.05) is 91.0 Å². The second-order valence-electron chi connectivity index (χ2n) is 10.00. The van der Waals surface area contributed by atoms with Gasteiger partial charge in [0.05, 0.1) is 0 Å². The maximum absolute atomic E-state index is 2.38. The highest BCUT2D eigenvalue weighted by atomic mass is 32.1. The molecule has 0 radical (unpaired) electrons. The van der Waals surface area contributed by atoms with Gasteiger partial charge in [0, 0.05) is 30.9 Å². The monoisotopic (exact) mass is 456 g/mol. The Hall–Kier alpha value is -4.20. The van der Waals surface area contributed by atoms with Crippen molar-refractivity contribution in [3.63, 3.8) is 0 Å². The molecule has 10 rings (SSSR count). The van der Waals surface area contributed by atoms with Gasteiger partial charge < -0.3 is 0 Å². The van der Waals surface area contributed by atoms with E-state index in [1.807, 2.05) is 11.3 Å². The summed E-state index contributed by atoms with van der Waals surface area (Å²) in [5, 5.41) is 22.4. The molecule has 158 valence electrons. The molecular formula is C34H16S. The summed E-state index contributed by atoms with van der Waals surface area (Å²) in [6, 6.07) is 36.7. The Kier molecular flexibility index (Phi) is 2.73. The molecule has 10 aromatic rings. The summed E-state index contributed by atoms with van der Waals surface area (Å²) in [7, 11) is 0. The first-order valence-electron chi connectivity index (χ1n) is 12.2. The summed E-state index contributed by atoms with van der Waals surface area (Å²) in [6.07, 6.45) is 0. The topological polar surface area (TPSA) is 0 Å². The highest BCUT2D eigenvalue weighted by Gasteiger charge is 2.24. The number of hydrogen-bond donors (Lipinski definition) is 0. The summed E-state index contributed by atoms with van der Waals surface area (Å²) in [4.78, 5) is 0. The van der Waals surface area contributed by atoms with Crippen molar-refractivity contribution < 1.29 is 0 Å². The fourth-order valence-electron chi connectivity index (χ4n) is 7.18. The molecule has 0 atom stereocenters. The summed E-state index contributed by atoms with van der Waals surface area (Å²) in [6.45, 7) is 0. The van der Waals surface area contributed by atoms with Gasteiger partial charge in [-0.15, -0.1) is 11.3 Å². The van der Waals surface area contributed by atoms with E-state index in [4.69, 9.17) is 0 Å². The molecule has 0 aliphatic rings. The van der Waals surface area contributed by atoms with Crippen LogP contribution in [0.25, 0.3) is 95.6 Å². The van der Waals surface area contributed by atoms with E-state index in [0.717, 1.165) is 0 Å². The second-order valence-corrected chi connectivity index (χ2v) is 11.0. The summed E-state index contributed by atoms with van der Waals surface area (Å²) < 4.78 is 2.79. The minimum atomic E-state index is 1.34. The minimum absolute atomic E-state index is 1.34. The molecular weight excluding hydrogens is 440 g/mol. The molecule has 0 saturated heterocycles. The van der Waals surface area contributed by atoms with Gasteiger partial charge in [-0.25, -0.2) is 0 Å². The number of rotatable bonds is 0. The lowest BCUT2D eigenvalue weighted by molar-refractivity contribution is 1.81. The van der Waals surface area contributed by atoms with Crippen LogP contribution in [0, 0.1) is 0 Å². The van der Waals surface area contributed by atoms with Crippen molar-refractivity contribution in [3.05, 3.63) is 97.1 Å². The molecule has 0 amide bonds. The van der Waals surface area contributed by atoms with Crippen molar-refractivity contribution >= 4 is 107 Å². The molecule has 1 aromatic heterocycles. The number of hydrogen-bond acceptors (Lipinski definition) is 1. The van der Waals surface area contributed by atoms with Crippen LogP contribution in [0.1, 0.15) is 0 Å². The molecule has 1 heterocycles. The Bertz CT molecular complexity index is 2470. The van der Waals surface area contributed by atoms with E-state index in [1.54, 1.807) is 0 Å². The van der Waals surface area contributed by atoms with E-state index in [-0.39, 0.29) is 0 Å². The Morgan fingerprint density at radius 1 is 0.314 bits per heavy atom. The quantitative estimate of drug-likeness (QED) is 0.157. The predicted octanol–water partition coefficient (Wildman–Crippen LogP) is 10.4. The van der Waals surface area contributed by atoms with E-state index in [1.165, 1.54) is 95.6 Å². The van der Waals surface area contributed by atoms with E-state index in [9.17, 15) is 0 Å². The van der Waals surface area contributed by atoms with E-state index in [2.05, 4.69) is 97.1 Å². The Labute approximate surface area is 203 Å². The van der Waals surface area contributed by atoms with Gasteiger partial charge in [-0.05, 0) is 70.7 Å². The van der Waals surface area contributed by atoms with Gasteiger partial charge in [0.25, 0.3) is 0 Å². The normalized spacial score (nSPS) is 13.1. The molecule has 1 heteroatoms. The van der Waals surface area contributed by atoms with Gasteiger partial charge in [-0.3, -0.25) is 0 Å². The van der Waals surface area contributed by atoms with Crippen molar-refractivity contribution in [2.75, 3.05) is 0 Å². The molecule has 0 saturated carbocycles. The number of fused-ring (bicyclic) bond motifs is 8. The zero-order chi connectivity index (χ0) is 22.4. The van der Waals surface area contributed by atoms with Gasteiger partial charge >= 0.3 is 0 Å². The lowest BCUT2D eigenvalue weighted by Crippen LogP contribution is -1.94. The Balaban J connectivity index is 1.71. The second kappa shape index (κ2) is 5.54. The SMILES string of the molecule is c1ccc2c(c1)sc1c3ccc4ccc5c6ccccc6c6ccc7ccc(c21)c1c7c6c5c4c31. The van der Waals surface area contributed by atoms with Gasteiger partial charge in [0.1, 0.15) is 0 Å². The average Bonchev–Trinajstić information content (AvgIpc) is 3.31. The third kappa shape index (κ3) is 1.78. The van der Waals surface area contributed by atoms with E-state index < -0.39 is 0 Å². The molecule has 0 nitrogen and oxygen atoms in total. The van der Waals surface area contributed by atoms with Crippen molar-refractivity contribution in [2.45, 2.75) is 0 Å². The van der Waals surface area contributed by atoms with Crippen molar-refractivity contribution in [3.8, 4) is 0 Å². The lowest BCUT2D eigenvalue weighted by Gasteiger charge is -2.22. The number of thiophene rings is 1. The zero-order valence-electron chi connectivity index (χ0n) is 18.6. The van der Waals surface area contributed by atoms with Crippen LogP contribution in [0.15, 0.2) is 97.1 Å². The average molecular weight is 457 g/mol. The van der Waals surface area contributed by atoms with Crippen molar-refractivity contribution in [2.24, 2.45) is 0 Å². The fraction of sp³-hybridized carbons (Fsp3) is 0. The largest absolute Gasteiger partial charge is 0.135 e. The van der Waals surface area contributed by atoms with Crippen LogP contribution in [0.3, 0.4) is 0 Å². The molecule has 0 bridgehead atoms. The maximum atomic E-state index is 2.38. The molecule has 0 fully saturated rings. The molecule has 0 unspecified atom stereocenters. The van der Waals surface area contributed by atoms with Crippen LogP contribution in [0.2, 0.25) is 0 Å². The summed E-state index contributed by atoms with van der Waals surface area (Å²) >= 11 is 1.95. The first-order valence-corrected chi connectivity index (χ1v) is 13.0. The van der Waals surface area contributed by atoms with Crippen LogP contribution in [-0.2, 0) is 0 Å². The van der Waals surface area contributed by atoms with Crippen LogP contribution in [0.4, 0.5) is 0 Å². The van der Waals surface area contributed by atoms with E-state index >= 15 is 0 Å². The van der Waals surface area contributed by atoms with Gasteiger partial charge in [0.15, 0.2) is 0 Å². The molecule has 0 N–H and O–H groups in total. The molecule has 0 spiro atoms. The predicted molar refractivity (Wildman–Crippen MR) is 155 cm³/mol. The maximum Gasteiger partial charge on any atom is 0.0440 e. The smallest absolute Gasteiger partial charge is 0.0440 e. The Morgan fingerprint density at radius 2 is 0.800 bits per heavy atom. The van der Waals surface area contributed by atoms with E-state index in [0.29, 0.717) is 0 Å². The highest BCUT2D eigenvalue weighted by Crippen LogP contribution is 2.54. The Morgan fingerprint density at radius 3 is 1.46 bits per heavy atom. The molecule has 0 aliphatic heterocycles. The first kappa shape index (κ1) is 17.3. The number of benzene rings is 9. The van der Waals surface area contributed by atoms with Crippen LogP contribution < -0.4 is 0 Å². The van der Waals surface area contributed by atoms with Crippen LogP contribution >= 0.6 is 11.3 Å². The third-order valence-electron chi connectivity index (χ3n) is 8.49. The molecule has 35 heavy (non-hydrogen) atoms. The molecule has 0 aliphatic carbocycles.